The van der Waals surface area contributed by atoms with Crippen LogP contribution >= 0.6 is 0 Å². The third-order valence-electron chi connectivity index (χ3n) is 1.89. The van der Waals surface area contributed by atoms with E-state index in [9.17, 15) is 9.90 Å². The molecule has 14 heavy (non-hydrogen) atoms. The van der Waals surface area contributed by atoms with Gasteiger partial charge in [0, 0.05) is 13.7 Å². The number of rotatable bonds is 6. The van der Waals surface area contributed by atoms with Crippen molar-refractivity contribution in [2.24, 2.45) is 11.7 Å². The summed E-state index contributed by atoms with van der Waals surface area (Å²) in [5.41, 5.74) is 5.60. The van der Waals surface area contributed by atoms with Gasteiger partial charge in [-0.05, 0) is 5.92 Å². The predicted octanol–water partition coefficient (Wildman–Crippen LogP) is -0.907. The van der Waals surface area contributed by atoms with E-state index in [2.05, 4.69) is 5.32 Å². The molecule has 2 atom stereocenters. The Bertz CT molecular complexity index is 173. The Labute approximate surface area is 84.6 Å². The Morgan fingerprint density at radius 3 is 2.57 bits per heavy atom. The first-order valence-corrected chi connectivity index (χ1v) is 4.69. The van der Waals surface area contributed by atoms with Gasteiger partial charge in [0.2, 0.25) is 5.91 Å². The van der Waals surface area contributed by atoms with Gasteiger partial charge < -0.3 is 20.9 Å². The number of methoxy groups -OCH3 is 1. The summed E-state index contributed by atoms with van der Waals surface area (Å²) in [6.45, 7) is 4.12. The normalized spacial score (nSPS) is 15.3. The molecule has 0 fully saturated rings. The fourth-order valence-corrected chi connectivity index (χ4v) is 0.890. The first-order valence-electron chi connectivity index (χ1n) is 4.69. The van der Waals surface area contributed by atoms with Crippen molar-refractivity contribution in [3.8, 4) is 0 Å². The monoisotopic (exact) mass is 204 g/mol. The standard InChI is InChI=1S/C9H20N2O3/c1-6(2)8(10)9(13)11-4-7(12)5-14-3/h6-8,12H,4-5,10H2,1-3H3,(H,11,13). The highest BCUT2D eigenvalue weighted by molar-refractivity contribution is 5.81. The lowest BCUT2D eigenvalue weighted by molar-refractivity contribution is -0.123. The van der Waals surface area contributed by atoms with Crippen molar-refractivity contribution in [3.63, 3.8) is 0 Å². The van der Waals surface area contributed by atoms with Crippen LogP contribution in [0, 0.1) is 5.92 Å². The molecule has 0 aromatic rings. The second kappa shape index (κ2) is 6.75. The molecule has 0 aliphatic carbocycles. The number of nitrogens with one attached hydrogen (secondary N) is 1. The zero-order chi connectivity index (χ0) is 11.1. The van der Waals surface area contributed by atoms with Crippen molar-refractivity contribution >= 4 is 5.91 Å². The van der Waals surface area contributed by atoms with E-state index in [-0.39, 0.29) is 25.0 Å². The predicted molar refractivity (Wildman–Crippen MR) is 53.7 cm³/mol. The third kappa shape index (κ3) is 5.16. The summed E-state index contributed by atoms with van der Waals surface area (Å²) in [4.78, 5) is 11.3. The van der Waals surface area contributed by atoms with Gasteiger partial charge in [-0.15, -0.1) is 0 Å². The van der Waals surface area contributed by atoms with Crippen molar-refractivity contribution < 1.29 is 14.6 Å². The van der Waals surface area contributed by atoms with Crippen molar-refractivity contribution in [2.75, 3.05) is 20.3 Å². The number of hydrogen-bond donors (Lipinski definition) is 3. The molecule has 0 aliphatic heterocycles. The zero-order valence-electron chi connectivity index (χ0n) is 8.99. The summed E-state index contributed by atoms with van der Waals surface area (Å²) in [5.74, 6) is -0.148. The van der Waals surface area contributed by atoms with Crippen LogP contribution in [0.5, 0.6) is 0 Å². The average molecular weight is 204 g/mol. The van der Waals surface area contributed by atoms with Gasteiger partial charge in [0.1, 0.15) is 0 Å². The van der Waals surface area contributed by atoms with E-state index in [0.29, 0.717) is 0 Å². The Balaban J connectivity index is 3.73. The van der Waals surface area contributed by atoms with Gasteiger partial charge in [-0.25, -0.2) is 0 Å². The molecule has 0 saturated carbocycles. The van der Waals surface area contributed by atoms with Crippen LogP contribution < -0.4 is 11.1 Å². The molecule has 0 spiro atoms. The summed E-state index contributed by atoms with van der Waals surface area (Å²) in [6, 6.07) is -0.523. The molecule has 0 aliphatic rings. The maximum Gasteiger partial charge on any atom is 0.237 e. The van der Waals surface area contributed by atoms with Crippen molar-refractivity contribution in [2.45, 2.75) is 26.0 Å². The van der Waals surface area contributed by atoms with Gasteiger partial charge >= 0.3 is 0 Å². The molecule has 5 heteroatoms. The van der Waals surface area contributed by atoms with Crippen LogP contribution in [0.4, 0.5) is 0 Å². The van der Waals surface area contributed by atoms with Crippen molar-refractivity contribution in [1.82, 2.24) is 5.32 Å². The number of aliphatic hydroxyl groups is 1. The number of aliphatic hydroxyl groups excluding tert-OH is 1. The summed E-state index contributed by atoms with van der Waals surface area (Å²) < 4.78 is 4.71. The maximum absolute atomic E-state index is 11.3. The second-order valence-electron chi connectivity index (χ2n) is 3.62. The zero-order valence-corrected chi connectivity index (χ0v) is 8.99. The molecule has 84 valence electrons. The van der Waals surface area contributed by atoms with Crippen LogP contribution in [0.3, 0.4) is 0 Å². The quantitative estimate of drug-likeness (QED) is 0.523. The Morgan fingerprint density at radius 2 is 2.14 bits per heavy atom. The molecule has 5 nitrogen and oxygen atoms in total. The highest BCUT2D eigenvalue weighted by Crippen LogP contribution is 1.97. The highest BCUT2D eigenvalue weighted by Gasteiger charge is 2.17. The molecule has 0 aromatic carbocycles. The topological polar surface area (TPSA) is 84.6 Å². The molecule has 0 saturated heterocycles. The summed E-state index contributed by atoms with van der Waals surface area (Å²) in [7, 11) is 1.49. The number of carbonyl (C=O) groups excluding carboxylic acids is 1. The van der Waals surface area contributed by atoms with E-state index in [1.54, 1.807) is 0 Å². The number of hydrogen-bond acceptors (Lipinski definition) is 4. The molecule has 0 heterocycles. The Morgan fingerprint density at radius 1 is 1.57 bits per heavy atom. The van der Waals surface area contributed by atoms with Crippen molar-refractivity contribution in [1.29, 1.82) is 0 Å². The van der Waals surface area contributed by atoms with Crippen LogP contribution in [-0.2, 0) is 9.53 Å². The van der Waals surface area contributed by atoms with Crippen molar-refractivity contribution in [3.05, 3.63) is 0 Å². The van der Waals surface area contributed by atoms with E-state index < -0.39 is 12.1 Å². The largest absolute Gasteiger partial charge is 0.389 e. The molecular weight excluding hydrogens is 184 g/mol. The number of nitrogens with two attached hydrogens (primary N) is 1. The molecule has 0 aromatic heterocycles. The minimum atomic E-state index is -0.677. The Kier molecular flexibility index (Phi) is 6.44. The van der Waals surface area contributed by atoms with Gasteiger partial charge in [-0.3, -0.25) is 4.79 Å². The number of carbonyl (C=O) groups is 1. The Hall–Kier alpha value is -0.650. The minimum Gasteiger partial charge on any atom is -0.389 e. The molecule has 2 unspecified atom stereocenters. The van der Waals surface area contributed by atoms with Gasteiger partial charge in [0.05, 0.1) is 18.8 Å². The fourth-order valence-electron chi connectivity index (χ4n) is 0.890. The van der Waals surface area contributed by atoms with Crippen LogP contribution in [0.1, 0.15) is 13.8 Å². The SMILES string of the molecule is COCC(O)CNC(=O)C(N)C(C)C. The molecule has 1 amide bonds. The van der Waals surface area contributed by atoms with E-state index >= 15 is 0 Å². The molecule has 0 radical (unpaired) electrons. The maximum atomic E-state index is 11.3. The lowest BCUT2D eigenvalue weighted by Crippen LogP contribution is -2.46. The third-order valence-corrected chi connectivity index (χ3v) is 1.89. The van der Waals surface area contributed by atoms with Crippen LogP contribution in [0.2, 0.25) is 0 Å². The highest BCUT2D eigenvalue weighted by atomic mass is 16.5. The number of ether oxygens (including phenoxy) is 1. The summed E-state index contributed by atoms with van der Waals surface area (Å²) in [5, 5.41) is 11.8. The fraction of sp³-hybridized carbons (Fsp3) is 0.889. The number of amides is 1. The molecule has 0 rings (SSSR count). The van der Waals surface area contributed by atoms with E-state index in [1.807, 2.05) is 13.8 Å². The lowest BCUT2D eigenvalue weighted by atomic mass is 10.1. The van der Waals surface area contributed by atoms with Gasteiger partial charge in [-0.2, -0.15) is 0 Å². The summed E-state index contributed by atoms with van der Waals surface area (Å²) >= 11 is 0. The smallest absolute Gasteiger partial charge is 0.237 e. The van der Waals surface area contributed by atoms with Crippen LogP contribution in [-0.4, -0.2) is 43.4 Å². The first kappa shape index (κ1) is 13.4. The second-order valence-corrected chi connectivity index (χ2v) is 3.62. The van der Waals surface area contributed by atoms with Gasteiger partial charge in [-0.1, -0.05) is 13.8 Å². The average Bonchev–Trinajstić information content (AvgIpc) is 2.13. The van der Waals surface area contributed by atoms with E-state index in [4.69, 9.17) is 10.5 Å². The molecule has 0 bridgehead atoms. The van der Waals surface area contributed by atoms with Crippen LogP contribution in [0.15, 0.2) is 0 Å². The van der Waals surface area contributed by atoms with Crippen LogP contribution in [0.25, 0.3) is 0 Å². The van der Waals surface area contributed by atoms with Gasteiger partial charge in [0.25, 0.3) is 0 Å². The summed E-state index contributed by atoms with van der Waals surface area (Å²) in [6.07, 6.45) is -0.677. The minimum absolute atomic E-state index is 0.0922. The first-order chi connectivity index (χ1) is 6.49. The molecule has 4 N–H and O–H groups in total. The van der Waals surface area contributed by atoms with E-state index in [1.165, 1.54) is 7.11 Å². The van der Waals surface area contributed by atoms with E-state index in [0.717, 1.165) is 0 Å². The lowest BCUT2D eigenvalue weighted by Gasteiger charge is -2.17. The van der Waals surface area contributed by atoms with Gasteiger partial charge in [0.15, 0.2) is 0 Å². The molecular formula is C9H20N2O3.